The van der Waals surface area contributed by atoms with E-state index in [1.165, 1.54) is 37.0 Å². The smallest absolute Gasteiger partial charge is 0.361 e. The van der Waals surface area contributed by atoms with Crippen LogP contribution in [-0.4, -0.2) is 46.7 Å². The van der Waals surface area contributed by atoms with E-state index in [0.717, 1.165) is 17.2 Å². The summed E-state index contributed by atoms with van der Waals surface area (Å²) in [6.45, 7) is 0.337. The minimum absolute atomic E-state index is 0.266. The minimum Gasteiger partial charge on any atom is -0.361 e. The fourth-order valence-corrected chi connectivity index (χ4v) is 4.79. The molecule has 2 saturated heterocycles. The summed E-state index contributed by atoms with van der Waals surface area (Å²) in [6.07, 6.45) is 8.34. The van der Waals surface area contributed by atoms with Gasteiger partial charge in [-0.15, -0.1) is 4.28 Å². The number of hydrogen-bond donors (Lipinski definition) is 1. The zero-order valence-corrected chi connectivity index (χ0v) is 15.2. The van der Waals surface area contributed by atoms with E-state index in [4.69, 9.17) is 9.08 Å². The van der Waals surface area contributed by atoms with E-state index in [-0.39, 0.29) is 6.04 Å². The molecule has 9 nitrogen and oxygen atoms in total. The van der Waals surface area contributed by atoms with Crippen molar-refractivity contribution in [1.29, 1.82) is 0 Å². The quantitative estimate of drug-likeness (QED) is 0.775. The molecule has 1 N–H and O–H groups in total. The standard InChI is InChI=1S/C16H23N3O6S/c20-16-18-10-12(19(16)25-26(21,22)23)6-7-15(18)14-9-13(24-17-14)8-11-4-2-1-3-5-11/h9,11-12,15H,1-8,10H2,(H,21,22,23)/t12-,15+/m1/s1. The van der Waals surface area contributed by atoms with Crippen LogP contribution in [0.25, 0.3) is 0 Å². The molecule has 2 amide bonds. The van der Waals surface area contributed by atoms with Gasteiger partial charge in [-0.25, -0.2) is 4.79 Å². The molecule has 3 heterocycles. The van der Waals surface area contributed by atoms with Crippen LogP contribution in [0.2, 0.25) is 0 Å². The molecule has 26 heavy (non-hydrogen) atoms. The van der Waals surface area contributed by atoms with Crippen LogP contribution < -0.4 is 0 Å². The van der Waals surface area contributed by atoms with E-state index < -0.39 is 22.5 Å². The van der Waals surface area contributed by atoms with Gasteiger partial charge in [-0.1, -0.05) is 37.3 Å². The molecule has 0 unspecified atom stereocenters. The second kappa shape index (κ2) is 6.82. The molecule has 2 atom stereocenters. The van der Waals surface area contributed by atoms with E-state index in [9.17, 15) is 13.2 Å². The molecule has 1 aromatic heterocycles. The molecule has 3 fully saturated rings. The Labute approximate surface area is 152 Å². The number of nitrogens with zero attached hydrogens (tertiary/aromatic N) is 3. The Bertz CT molecular complexity index is 773. The normalized spacial score (nSPS) is 27.3. The second-order valence-electron chi connectivity index (χ2n) is 7.44. The Morgan fingerprint density at radius 1 is 1.23 bits per heavy atom. The van der Waals surface area contributed by atoms with Crippen LogP contribution in [0.1, 0.15) is 62.4 Å². The van der Waals surface area contributed by atoms with E-state index in [1.807, 2.05) is 6.07 Å². The Hall–Kier alpha value is -1.65. The van der Waals surface area contributed by atoms with Crippen molar-refractivity contribution < 1.29 is 26.6 Å². The number of amides is 2. The molecule has 3 aliphatic rings. The molecule has 144 valence electrons. The van der Waals surface area contributed by atoms with Gasteiger partial charge in [0.25, 0.3) is 0 Å². The minimum atomic E-state index is -4.73. The van der Waals surface area contributed by atoms with Crippen molar-refractivity contribution in [2.75, 3.05) is 6.54 Å². The van der Waals surface area contributed by atoms with Crippen molar-refractivity contribution in [3.63, 3.8) is 0 Å². The summed E-state index contributed by atoms with van der Waals surface area (Å²) in [5.41, 5.74) is 0.691. The van der Waals surface area contributed by atoms with Crippen LogP contribution in [0.5, 0.6) is 0 Å². The van der Waals surface area contributed by atoms with Crippen molar-refractivity contribution in [3.8, 4) is 0 Å². The Kier molecular flexibility index (Phi) is 4.66. The summed E-state index contributed by atoms with van der Waals surface area (Å²) >= 11 is 0. The van der Waals surface area contributed by atoms with Gasteiger partial charge < -0.3 is 9.42 Å². The summed E-state index contributed by atoms with van der Waals surface area (Å²) in [4.78, 5) is 14.0. The van der Waals surface area contributed by atoms with Gasteiger partial charge in [0.05, 0.1) is 12.1 Å². The van der Waals surface area contributed by atoms with Crippen LogP contribution in [0, 0.1) is 5.92 Å². The maximum Gasteiger partial charge on any atom is 0.418 e. The lowest BCUT2D eigenvalue weighted by molar-refractivity contribution is -0.0317. The molecule has 0 aromatic carbocycles. The number of piperidine rings is 1. The van der Waals surface area contributed by atoms with Gasteiger partial charge in [0, 0.05) is 19.0 Å². The summed E-state index contributed by atoms with van der Waals surface area (Å²) < 4.78 is 40.7. The largest absolute Gasteiger partial charge is 0.418 e. The lowest BCUT2D eigenvalue weighted by Crippen LogP contribution is -2.35. The zero-order chi connectivity index (χ0) is 18.3. The summed E-state index contributed by atoms with van der Waals surface area (Å²) in [7, 11) is -4.73. The topological polar surface area (TPSA) is 113 Å². The third kappa shape index (κ3) is 3.58. The maximum absolute atomic E-state index is 12.5. The molecule has 1 aliphatic carbocycles. The van der Waals surface area contributed by atoms with Crippen LogP contribution in [0.15, 0.2) is 10.6 Å². The Balaban J connectivity index is 1.45. The number of urea groups is 1. The number of aromatic nitrogens is 1. The lowest BCUT2D eigenvalue weighted by atomic mass is 9.86. The molecular formula is C16H23N3O6S. The highest BCUT2D eigenvalue weighted by Gasteiger charge is 2.48. The zero-order valence-electron chi connectivity index (χ0n) is 14.4. The molecule has 2 aliphatic heterocycles. The van der Waals surface area contributed by atoms with Crippen LogP contribution in [0.4, 0.5) is 4.79 Å². The lowest BCUT2D eigenvalue weighted by Gasteiger charge is -2.28. The van der Waals surface area contributed by atoms with Crippen LogP contribution in [-0.2, 0) is 21.1 Å². The predicted molar refractivity (Wildman–Crippen MR) is 89.1 cm³/mol. The molecule has 10 heteroatoms. The predicted octanol–water partition coefficient (Wildman–Crippen LogP) is 2.47. The van der Waals surface area contributed by atoms with Crippen molar-refractivity contribution in [3.05, 3.63) is 17.5 Å². The van der Waals surface area contributed by atoms with Gasteiger partial charge >= 0.3 is 16.4 Å². The summed E-state index contributed by atoms with van der Waals surface area (Å²) in [5, 5.41) is 4.91. The van der Waals surface area contributed by atoms with Crippen LogP contribution >= 0.6 is 0 Å². The Morgan fingerprint density at radius 2 is 2.00 bits per heavy atom. The molecule has 1 saturated carbocycles. The average molecular weight is 385 g/mol. The SMILES string of the molecule is O=C1N2C[C@@H](CC[C@H]2c2cc(CC3CCCCC3)on2)N1OS(=O)(=O)O. The highest BCUT2D eigenvalue weighted by atomic mass is 32.3. The maximum atomic E-state index is 12.5. The highest BCUT2D eigenvalue weighted by Crippen LogP contribution is 2.39. The van der Waals surface area contributed by atoms with Gasteiger partial charge in [0.2, 0.25) is 0 Å². The first kappa shape index (κ1) is 17.7. The monoisotopic (exact) mass is 385 g/mol. The second-order valence-corrected chi connectivity index (χ2v) is 8.44. The molecular weight excluding hydrogens is 362 g/mol. The van der Waals surface area contributed by atoms with Gasteiger partial charge in [-0.3, -0.25) is 4.55 Å². The van der Waals surface area contributed by atoms with Gasteiger partial charge in [-0.2, -0.15) is 13.5 Å². The average Bonchev–Trinajstić information content (AvgIpc) is 3.15. The molecule has 0 radical (unpaired) electrons. The summed E-state index contributed by atoms with van der Waals surface area (Å²) in [5.74, 6) is 1.47. The summed E-state index contributed by atoms with van der Waals surface area (Å²) in [6, 6.07) is 0.679. The molecule has 4 rings (SSSR count). The third-order valence-corrected chi connectivity index (χ3v) is 5.98. The number of carbonyl (C=O) groups excluding carboxylic acids is 1. The van der Waals surface area contributed by atoms with E-state index in [2.05, 4.69) is 9.44 Å². The van der Waals surface area contributed by atoms with Crippen molar-refractivity contribution in [2.24, 2.45) is 5.92 Å². The fourth-order valence-electron chi connectivity index (χ4n) is 4.40. The van der Waals surface area contributed by atoms with Gasteiger partial charge in [0.1, 0.15) is 11.5 Å². The number of rotatable bonds is 5. The van der Waals surface area contributed by atoms with Crippen molar-refractivity contribution in [1.82, 2.24) is 15.1 Å². The molecule has 1 aromatic rings. The molecule has 2 bridgehead atoms. The van der Waals surface area contributed by atoms with Crippen LogP contribution in [0.3, 0.4) is 0 Å². The van der Waals surface area contributed by atoms with Crippen molar-refractivity contribution >= 4 is 16.4 Å². The Morgan fingerprint density at radius 3 is 2.73 bits per heavy atom. The van der Waals surface area contributed by atoms with E-state index in [1.54, 1.807) is 0 Å². The highest BCUT2D eigenvalue weighted by molar-refractivity contribution is 7.80. The first-order valence-electron chi connectivity index (χ1n) is 9.13. The fraction of sp³-hybridized carbons (Fsp3) is 0.750. The first-order valence-corrected chi connectivity index (χ1v) is 10.5. The van der Waals surface area contributed by atoms with Gasteiger partial charge in [-0.05, 0) is 18.8 Å². The van der Waals surface area contributed by atoms with Gasteiger partial charge in [0.15, 0.2) is 0 Å². The van der Waals surface area contributed by atoms with Crippen molar-refractivity contribution in [2.45, 2.75) is 63.5 Å². The number of fused-ring (bicyclic) bond motifs is 2. The van der Waals surface area contributed by atoms with E-state index in [0.29, 0.717) is 31.0 Å². The molecule has 0 spiro atoms. The first-order chi connectivity index (χ1) is 12.4. The van der Waals surface area contributed by atoms with E-state index >= 15 is 0 Å². The number of carbonyl (C=O) groups is 1. The third-order valence-electron chi connectivity index (χ3n) is 5.63. The number of hydroxylamine groups is 2. The number of hydrogen-bond acceptors (Lipinski definition) is 6.